The number of ketones is 1. The van der Waals surface area contributed by atoms with E-state index in [1.807, 2.05) is 27.7 Å². The molecular weight excluding hydrogens is 500 g/mol. The molecule has 3 N–H and O–H groups in total. The predicted molar refractivity (Wildman–Crippen MR) is 150 cm³/mol. The van der Waals surface area contributed by atoms with Gasteiger partial charge in [0.2, 0.25) is 0 Å². The van der Waals surface area contributed by atoms with E-state index in [2.05, 4.69) is 5.32 Å². The van der Waals surface area contributed by atoms with Crippen molar-refractivity contribution in [2.45, 2.75) is 46.1 Å². The number of hydrogen-bond acceptors (Lipinski definition) is 7. The average molecular weight is 539 g/mol. The molecule has 0 aliphatic carbocycles. The van der Waals surface area contributed by atoms with Crippen LogP contribution in [0.5, 0.6) is 11.5 Å². The summed E-state index contributed by atoms with van der Waals surface area (Å²) < 4.78 is 11.5. The van der Waals surface area contributed by atoms with Crippen molar-refractivity contribution in [2.24, 2.45) is 0 Å². The van der Waals surface area contributed by atoms with E-state index in [4.69, 9.17) is 14.9 Å². The van der Waals surface area contributed by atoms with Gasteiger partial charge in [-0.05, 0) is 41.7 Å². The first-order valence-electron chi connectivity index (χ1n) is 12.9. The van der Waals surface area contributed by atoms with E-state index in [1.165, 1.54) is 0 Å². The van der Waals surface area contributed by atoms with Crippen molar-refractivity contribution in [1.29, 1.82) is 5.41 Å². The van der Waals surface area contributed by atoms with Gasteiger partial charge < -0.3 is 29.7 Å². The Labute approximate surface area is 229 Å². The number of benzene rings is 2. The number of nitrogens with one attached hydrogen (secondary N) is 2. The SMILES string of the molecule is CCCOc1cc2c(cc1C(=O)NC)C(=N)N(CC(=O)c1cc(N(C)C)c(OCC(=O)O)c(C(C)(C)C)c1)C2. The molecule has 0 atom stereocenters. The third-order valence-electron chi connectivity index (χ3n) is 6.43. The molecule has 210 valence electrons. The number of hydrogen-bond donors (Lipinski definition) is 3. The van der Waals surface area contributed by atoms with E-state index in [-0.39, 0.29) is 24.1 Å². The van der Waals surface area contributed by atoms with Crippen molar-refractivity contribution >= 4 is 29.2 Å². The Balaban J connectivity index is 1.95. The van der Waals surface area contributed by atoms with Gasteiger partial charge in [-0.2, -0.15) is 0 Å². The lowest BCUT2D eigenvalue weighted by Gasteiger charge is -2.28. The summed E-state index contributed by atoms with van der Waals surface area (Å²) in [5, 5.41) is 20.5. The number of fused-ring (bicyclic) bond motifs is 1. The zero-order valence-corrected chi connectivity index (χ0v) is 23.7. The lowest BCUT2D eigenvalue weighted by molar-refractivity contribution is -0.139. The number of anilines is 1. The fourth-order valence-corrected chi connectivity index (χ4v) is 4.42. The number of carboxylic acids is 1. The predicted octanol–water partition coefficient (Wildman–Crippen LogP) is 3.69. The Kier molecular flexibility index (Phi) is 8.88. The van der Waals surface area contributed by atoms with Gasteiger partial charge in [-0.3, -0.25) is 15.0 Å². The van der Waals surface area contributed by atoms with Crippen LogP contribution >= 0.6 is 0 Å². The summed E-state index contributed by atoms with van der Waals surface area (Å²) in [5.41, 5.74) is 3.07. The summed E-state index contributed by atoms with van der Waals surface area (Å²) in [6, 6.07) is 6.88. The van der Waals surface area contributed by atoms with Crippen LogP contribution in [-0.4, -0.2) is 74.4 Å². The summed E-state index contributed by atoms with van der Waals surface area (Å²) in [7, 11) is 5.15. The van der Waals surface area contributed by atoms with Crippen molar-refractivity contribution in [3.8, 4) is 11.5 Å². The Morgan fingerprint density at radius 2 is 1.82 bits per heavy atom. The highest BCUT2D eigenvalue weighted by molar-refractivity contribution is 6.08. The first-order valence-corrected chi connectivity index (χ1v) is 12.9. The Bertz CT molecular complexity index is 1300. The third kappa shape index (κ3) is 6.50. The number of aliphatic carboxylic acids is 1. The lowest BCUT2D eigenvalue weighted by Crippen LogP contribution is -2.31. The van der Waals surface area contributed by atoms with E-state index in [0.717, 1.165) is 12.0 Å². The normalized spacial score (nSPS) is 12.7. The minimum Gasteiger partial charge on any atom is -0.493 e. The molecule has 1 heterocycles. The van der Waals surface area contributed by atoms with Crippen molar-refractivity contribution in [1.82, 2.24) is 10.2 Å². The second-order valence-corrected chi connectivity index (χ2v) is 10.8. The number of carbonyl (C=O) groups excluding carboxylic acids is 2. The molecule has 0 radical (unpaired) electrons. The number of carbonyl (C=O) groups is 3. The first-order chi connectivity index (χ1) is 18.3. The Hall–Kier alpha value is -4.08. The summed E-state index contributed by atoms with van der Waals surface area (Å²) in [6.07, 6.45) is 0.784. The van der Waals surface area contributed by atoms with Crippen LogP contribution in [0.1, 0.15) is 71.5 Å². The van der Waals surface area contributed by atoms with Crippen LogP contribution in [0.25, 0.3) is 0 Å². The molecule has 2 aromatic rings. The molecule has 0 aromatic heterocycles. The minimum atomic E-state index is -1.09. The molecule has 10 nitrogen and oxygen atoms in total. The molecule has 0 spiro atoms. The molecule has 1 amide bonds. The highest BCUT2D eigenvalue weighted by Gasteiger charge is 2.31. The molecular formula is C29H38N4O6. The number of amidine groups is 1. The van der Waals surface area contributed by atoms with Crippen molar-refractivity contribution in [3.63, 3.8) is 0 Å². The monoisotopic (exact) mass is 538 g/mol. The topological polar surface area (TPSA) is 132 Å². The Morgan fingerprint density at radius 1 is 1.13 bits per heavy atom. The van der Waals surface area contributed by atoms with Crippen LogP contribution in [0.4, 0.5) is 5.69 Å². The van der Waals surface area contributed by atoms with Crippen LogP contribution < -0.4 is 19.7 Å². The van der Waals surface area contributed by atoms with E-state index in [9.17, 15) is 19.5 Å². The van der Waals surface area contributed by atoms with Crippen molar-refractivity contribution < 1.29 is 29.0 Å². The Morgan fingerprint density at radius 3 is 2.38 bits per heavy atom. The van der Waals surface area contributed by atoms with Crippen molar-refractivity contribution in [3.05, 3.63) is 52.1 Å². The van der Waals surface area contributed by atoms with Crippen LogP contribution in [-0.2, 0) is 16.8 Å². The maximum Gasteiger partial charge on any atom is 0.341 e. The van der Waals surface area contributed by atoms with Gasteiger partial charge in [0.05, 0.1) is 24.4 Å². The smallest absolute Gasteiger partial charge is 0.341 e. The average Bonchev–Trinajstić information content (AvgIpc) is 3.17. The molecule has 0 fully saturated rings. The zero-order chi connectivity index (χ0) is 29.1. The fraction of sp³-hybridized carbons (Fsp3) is 0.448. The fourth-order valence-electron chi connectivity index (χ4n) is 4.42. The van der Waals surface area contributed by atoms with Gasteiger partial charge in [-0.1, -0.05) is 27.7 Å². The molecule has 3 rings (SSSR count). The number of Topliss-reactive ketones (excluding diaryl/α,β-unsaturated/α-hetero) is 1. The van der Waals surface area contributed by atoms with Gasteiger partial charge in [-0.25, -0.2) is 4.79 Å². The summed E-state index contributed by atoms with van der Waals surface area (Å²) >= 11 is 0. The number of ether oxygens (including phenoxy) is 2. The lowest BCUT2D eigenvalue weighted by atomic mass is 9.84. The molecule has 39 heavy (non-hydrogen) atoms. The van der Waals surface area contributed by atoms with Gasteiger partial charge in [0.15, 0.2) is 12.4 Å². The minimum absolute atomic E-state index is 0.0419. The molecule has 1 aliphatic heterocycles. The summed E-state index contributed by atoms with van der Waals surface area (Å²) in [4.78, 5) is 40.7. The number of amides is 1. The molecule has 2 aromatic carbocycles. The second kappa shape index (κ2) is 11.8. The van der Waals surface area contributed by atoms with Gasteiger partial charge in [0, 0.05) is 44.4 Å². The van der Waals surface area contributed by atoms with Gasteiger partial charge in [-0.15, -0.1) is 0 Å². The largest absolute Gasteiger partial charge is 0.493 e. The van der Waals surface area contributed by atoms with Gasteiger partial charge >= 0.3 is 5.97 Å². The quantitative estimate of drug-likeness (QED) is 0.369. The van der Waals surface area contributed by atoms with Gasteiger partial charge in [0.1, 0.15) is 17.3 Å². The number of nitrogens with zero attached hydrogens (tertiary/aromatic N) is 2. The molecule has 0 saturated carbocycles. The first kappa shape index (κ1) is 29.5. The standard InChI is InChI=1S/C29H38N4O6/c1-8-9-38-24-12-18-14-33(27(30)19(18)13-20(24)28(37)31-5)15-23(34)17-10-21(29(2,3)4)26(39-16-25(35)36)22(11-17)32(6)7/h10-13,30H,8-9,14-16H2,1-7H3,(H,31,37)(H,35,36). The highest BCUT2D eigenvalue weighted by atomic mass is 16.5. The maximum absolute atomic E-state index is 13.6. The van der Waals surface area contributed by atoms with Crippen molar-refractivity contribution in [2.75, 3.05) is 45.8 Å². The molecule has 0 bridgehead atoms. The second-order valence-electron chi connectivity index (χ2n) is 10.8. The van der Waals surface area contributed by atoms with Crippen LogP contribution in [0.3, 0.4) is 0 Å². The van der Waals surface area contributed by atoms with E-state index in [1.54, 1.807) is 55.2 Å². The van der Waals surface area contributed by atoms with Gasteiger partial charge in [0.25, 0.3) is 5.91 Å². The summed E-state index contributed by atoms with van der Waals surface area (Å²) in [6.45, 7) is 8.15. The summed E-state index contributed by atoms with van der Waals surface area (Å²) in [5.74, 6) is -0.541. The third-order valence-corrected chi connectivity index (χ3v) is 6.43. The van der Waals surface area contributed by atoms with Crippen LogP contribution in [0.15, 0.2) is 24.3 Å². The molecule has 0 saturated heterocycles. The molecule has 0 unspecified atom stereocenters. The van der Waals surface area contributed by atoms with E-state index >= 15 is 0 Å². The van der Waals surface area contributed by atoms with E-state index in [0.29, 0.717) is 52.6 Å². The molecule has 1 aliphatic rings. The van der Waals surface area contributed by atoms with Crippen LogP contribution in [0, 0.1) is 5.41 Å². The highest BCUT2D eigenvalue weighted by Crippen LogP contribution is 2.40. The molecule has 10 heteroatoms. The number of rotatable bonds is 11. The maximum atomic E-state index is 13.6. The van der Waals surface area contributed by atoms with E-state index < -0.39 is 18.0 Å². The zero-order valence-electron chi connectivity index (χ0n) is 23.7. The number of carboxylic acid groups (broad SMARTS) is 1. The van der Waals surface area contributed by atoms with Crippen LogP contribution in [0.2, 0.25) is 0 Å².